The van der Waals surface area contributed by atoms with E-state index in [1.54, 1.807) is 11.8 Å². The van der Waals surface area contributed by atoms with Crippen LogP contribution in [0.15, 0.2) is 5.18 Å². The van der Waals surface area contributed by atoms with Gasteiger partial charge in [-0.05, 0) is 28.9 Å². The molecule has 0 radical (unpaired) electrons. The molecule has 0 aliphatic carbocycles. The Hall–Kier alpha value is 1.35. The highest BCUT2D eigenvalue weighted by atomic mass is 32.2. The molecule has 0 spiro atoms. The summed E-state index contributed by atoms with van der Waals surface area (Å²) >= 11 is 13.9. The van der Waals surface area contributed by atoms with Crippen LogP contribution in [0.3, 0.4) is 0 Å². The van der Waals surface area contributed by atoms with Gasteiger partial charge in [0.05, 0.1) is 0 Å². The van der Waals surface area contributed by atoms with E-state index in [9.17, 15) is 4.91 Å². The van der Waals surface area contributed by atoms with Gasteiger partial charge in [0.15, 0.2) is 0 Å². The number of rotatable bonds is 13. The van der Waals surface area contributed by atoms with Gasteiger partial charge in [-0.25, -0.2) is 0 Å². The van der Waals surface area contributed by atoms with Gasteiger partial charge in [-0.2, -0.15) is 65.5 Å². The number of thiol groups is 2. The van der Waals surface area contributed by atoms with E-state index in [4.69, 9.17) is 0 Å². The van der Waals surface area contributed by atoms with Crippen molar-refractivity contribution in [3.63, 3.8) is 0 Å². The maximum atomic E-state index is 10.7. The maximum Gasteiger partial charge on any atom is 0.110 e. The van der Waals surface area contributed by atoms with E-state index >= 15 is 0 Å². The molecular formula is C11H23NOS5. The quantitative estimate of drug-likeness (QED) is 0.302. The standard InChI is InChI=1S/C11H23NOS5/c1-10(6-16-4-2-14)7-18-9-11(12-13)8-17-5-3-15/h10-11,14-15H,2-9H2,1H3. The minimum absolute atomic E-state index is 0.0443. The van der Waals surface area contributed by atoms with Crippen LogP contribution in [0.4, 0.5) is 0 Å². The maximum absolute atomic E-state index is 10.7. The lowest BCUT2D eigenvalue weighted by molar-refractivity contribution is 0.760. The summed E-state index contributed by atoms with van der Waals surface area (Å²) in [5.41, 5.74) is 0. The average molecular weight is 346 g/mol. The Morgan fingerprint density at radius 1 is 0.944 bits per heavy atom. The first-order chi connectivity index (χ1) is 8.74. The lowest BCUT2D eigenvalue weighted by Crippen LogP contribution is -2.13. The molecule has 7 heteroatoms. The highest BCUT2D eigenvalue weighted by Crippen LogP contribution is 2.17. The third-order valence-corrected chi connectivity index (χ3v) is 6.93. The van der Waals surface area contributed by atoms with Crippen molar-refractivity contribution in [1.29, 1.82) is 0 Å². The zero-order valence-electron chi connectivity index (χ0n) is 10.8. The first-order valence-corrected chi connectivity index (χ1v) is 10.7. The van der Waals surface area contributed by atoms with E-state index < -0.39 is 0 Å². The molecule has 0 heterocycles. The normalized spacial score (nSPS) is 14.4. The van der Waals surface area contributed by atoms with E-state index in [1.807, 2.05) is 23.5 Å². The van der Waals surface area contributed by atoms with Crippen LogP contribution in [0.25, 0.3) is 0 Å². The minimum Gasteiger partial charge on any atom is -0.179 e. The zero-order chi connectivity index (χ0) is 13.6. The molecule has 0 bridgehead atoms. The summed E-state index contributed by atoms with van der Waals surface area (Å²) in [5.74, 6) is 8.60. The molecule has 0 N–H and O–H groups in total. The Labute approximate surface area is 135 Å². The second-order valence-electron chi connectivity index (χ2n) is 4.00. The Kier molecular flexibility index (Phi) is 15.9. The van der Waals surface area contributed by atoms with E-state index in [-0.39, 0.29) is 6.04 Å². The molecule has 0 aromatic heterocycles. The Bertz CT molecular complexity index is 196. The predicted molar refractivity (Wildman–Crippen MR) is 98.4 cm³/mol. The number of nitrogens with zero attached hydrogens (tertiary/aromatic N) is 1. The molecule has 2 nitrogen and oxygen atoms in total. The van der Waals surface area contributed by atoms with Gasteiger partial charge in [0.1, 0.15) is 6.04 Å². The van der Waals surface area contributed by atoms with E-state index in [2.05, 4.69) is 37.4 Å². The molecule has 0 rings (SSSR count). The van der Waals surface area contributed by atoms with Gasteiger partial charge in [0.2, 0.25) is 0 Å². The molecule has 0 fully saturated rings. The van der Waals surface area contributed by atoms with Gasteiger partial charge in [-0.3, -0.25) is 0 Å². The van der Waals surface area contributed by atoms with Crippen LogP contribution in [-0.4, -0.2) is 52.1 Å². The van der Waals surface area contributed by atoms with Crippen LogP contribution in [0.1, 0.15) is 6.92 Å². The summed E-state index contributed by atoms with van der Waals surface area (Å²) in [6.07, 6.45) is 0. The average Bonchev–Trinajstić information content (AvgIpc) is 2.37. The molecule has 0 aromatic rings. The first kappa shape index (κ1) is 19.4. The molecule has 0 aromatic carbocycles. The fraction of sp³-hybridized carbons (Fsp3) is 1.00. The Morgan fingerprint density at radius 3 is 2.00 bits per heavy atom. The van der Waals surface area contributed by atoms with E-state index in [0.717, 1.165) is 40.3 Å². The van der Waals surface area contributed by atoms with Crippen molar-refractivity contribution in [2.75, 3.05) is 46.0 Å². The Balaban J connectivity index is 3.50. The van der Waals surface area contributed by atoms with E-state index in [1.165, 1.54) is 5.75 Å². The van der Waals surface area contributed by atoms with Gasteiger partial charge >= 0.3 is 0 Å². The van der Waals surface area contributed by atoms with Crippen molar-refractivity contribution in [3.8, 4) is 0 Å². The van der Waals surface area contributed by atoms with Gasteiger partial charge in [-0.15, -0.1) is 0 Å². The van der Waals surface area contributed by atoms with Crippen molar-refractivity contribution in [1.82, 2.24) is 0 Å². The second-order valence-corrected chi connectivity index (χ2v) is 8.27. The zero-order valence-corrected chi connectivity index (χ0v) is 15.0. The first-order valence-electron chi connectivity index (χ1n) is 6.02. The summed E-state index contributed by atoms with van der Waals surface area (Å²) in [4.78, 5) is 10.7. The molecule has 0 saturated heterocycles. The monoisotopic (exact) mass is 345 g/mol. The summed E-state index contributed by atoms with van der Waals surface area (Å²) in [5, 5.41) is 3.20. The van der Waals surface area contributed by atoms with Crippen molar-refractivity contribution in [3.05, 3.63) is 4.91 Å². The van der Waals surface area contributed by atoms with Crippen molar-refractivity contribution in [2.24, 2.45) is 11.1 Å². The minimum atomic E-state index is -0.0443. The summed E-state index contributed by atoms with van der Waals surface area (Å²) < 4.78 is 0. The van der Waals surface area contributed by atoms with Crippen LogP contribution in [0.2, 0.25) is 0 Å². The lowest BCUT2D eigenvalue weighted by atomic mass is 10.3. The van der Waals surface area contributed by atoms with E-state index in [0.29, 0.717) is 5.92 Å². The predicted octanol–water partition coefficient (Wildman–Crippen LogP) is 3.82. The molecule has 0 amide bonds. The summed E-state index contributed by atoms with van der Waals surface area (Å²) in [6, 6.07) is -0.0443. The molecule has 2 unspecified atom stereocenters. The molecule has 2 atom stereocenters. The number of thioether (sulfide) groups is 3. The van der Waals surface area contributed by atoms with Gasteiger partial charge in [-0.1, -0.05) is 12.1 Å². The van der Waals surface area contributed by atoms with Crippen molar-refractivity contribution in [2.45, 2.75) is 13.0 Å². The van der Waals surface area contributed by atoms with Crippen LogP contribution < -0.4 is 0 Å². The molecule has 108 valence electrons. The molecular weight excluding hydrogens is 322 g/mol. The fourth-order valence-corrected chi connectivity index (χ4v) is 4.94. The SMILES string of the molecule is CC(CSCCS)CSCC(CSCCS)N=O. The van der Waals surface area contributed by atoms with Crippen LogP contribution >= 0.6 is 60.5 Å². The fourth-order valence-electron chi connectivity index (χ4n) is 1.20. The Morgan fingerprint density at radius 2 is 1.44 bits per heavy atom. The molecule has 18 heavy (non-hydrogen) atoms. The number of nitroso groups, excluding NO2 is 1. The van der Waals surface area contributed by atoms with Gasteiger partial charge in [0, 0.05) is 23.0 Å². The van der Waals surface area contributed by atoms with Gasteiger partial charge in [0.25, 0.3) is 0 Å². The van der Waals surface area contributed by atoms with Crippen LogP contribution in [-0.2, 0) is 0 Å². The van der Waals surface area contributed by atoms with Crippen molar-refractivity contribution >= 4 is 60.5 Å². The largest absolute Gasteiger partial charge is 0.179 e. The number of hydrogen-bond donors (Lipinski definition) is 2. The highest BCUT2D eigenvalue weighted by molar-refractivity contribution is 8.01. The molecule has 0 saturated carbocycles. The smallest absolute Gasteiger partial charge is 0.110 e. The highest BCUT2D eigenvalue weighted by Gasteiger charge is 2.10. The third kappa shape index (κ3) is 12.4. The topological polar surface area (TPSA) is 29.4 Å². The molecule has 0 aliphatic heterocycles. The third-order valence-electron chi connectivity index (χ3n) is 2.05. The summed E-state index contributed by atoms with van der Waals surface area (Å²) in [7, 11) is 0. The second kappa shape index (κ2) is 14.8. The van der Waals surface area contributed by atoms with Crippen LogP contribution in [0, 0.1) is 10.8 Å². The number of hydrogen-bond acceptors (Lipinski definition) is 7. The van der Waals surface area contributed by atoms with Crippen molar-refractivity contribution < 1.29 is 0 Å². The van der Waals surface area contributed by atoms with Gasteiger partial charge < -0.3 is 0 Å². The summed E-state index contributed by atoms with van der Waals surface area (Å²) in [6.45, 7) is 2.26. The lowest BCUT2D eigenvalue weighted by Gasteiger charge is -2.12. The molecule has 0 aliphatic rings. The van der Waals surface area contributed by atoms with Crippen LogP contribution in [0.5, 0.6) is 0 Å².